The Kier molecular flexibility index (Phi) is 4.02. The molecule has 0 amide bonds. The molecule has 2 atom stereocenters. The summed E-state index contributed by atoms with van der Waals surface area (Å²) >= 11 is 1.53. The van der Waals surface area contributed by atoms with Crippen LogP contribution in [-0.4, -0.2) is 36.6 Å². The Hall–Kier alpha value is -1.92. The number of carbonyl (C=O) groups excluding carboxylic acids is 1. The minimum Gasteiger partial charge on any atom is -0.426 e. The fourth-order valence-corrected chi connectivity index (χ4v) is 4.26. The number of hydrogen-bond acceptors (Lipinski definition) is 6. The van der Waals surface area contributed by atoms with Crippen molar-refractivity contribution >= 4 is 23.0 Å². The van der Waals surface area contributed by atoms with E-state index >= 15 is 0 Å². The van der Waals surface area contributed by atoms with Crippen molar-refractivity contribution in [2.24, 2.45) is 0 Å². The van der Waals surface area contributed by atoms with Gasteiger partial charge in [0.2, 0.25) is 0 Å². The van der Waals surface area contributed by atoms with Crippen molar-refractivity contribution in [2.45, 2.75) is 32.2 Å². The zero-order valence-corrected chi connectivity index (χ0v) is 14.7. The molecule has 1 unspecified atom stereocenters. The molecule has 2 aromatic rings. The number of aromatic nitrogens is 1. The number of esters is 1. The summed E-state index contributed by atoms with van der Waals surface area (Å²) < 4.78 is 5.65. The quantitative estimate of drug-likeness (QED) is 0.671. The first kappa shape index (κ1) is 15.6. The molecule has 6 heteroatoms. The number of carbonyl (C=O) groups is 1. The van der Waals surface area contributed by atoms with Crippen LogP contribution in [0.5, 0.6) is 5.75 Å². The van der Waals surface area contributed by atoms with Gasteiger partial charge in [0.1, 0.15) is 16.7 Å². The number of nitrogens with zero attached hydrogens (tertiary/aromatic N) is 2. The molecule has 24 heavy (non-hydrogen) atoms. The molecule has 5 nitrogen and oxygen atoms in total. The molecule has 0 spiro atoms. The molecule has 0 saturated carbocycles. The SMILES string of the molecule is Cc1csc(C2Cc3ccc(N4CCN[C@H](C)C4)cc3OC2=O)n1. The predicted octanol–water partition coefficient (Wildman–Crippen LogP) is 2.49. The number of fused-ring (bicyclic) bond motifs is 1. The first-order chi connectivity index (χ1) is 11.6. The number of piperazine rings is 1. The Labute approximate surface area is 145 Å². The van der Waals surface area contributed by atoms with E-state index in [1.807, 2.05) is 18.4 Å². The van der Waals surface area contributed by atoms with E-state index in [0.29, 0.717) is 18.2 Å². The summed E-state index contributed by atoms with van der Waals surface area (Å²) in [6.07, 6.45) is 0.666. The van der Waals surface area contributed by atoms with Gasteiger partial charge in [-0.2, -0.15) is 0 Å². The van der Waals surface area contributed by atoms with Gasteiger partial charge in [0, 0.05) is 48.5 Å². The standard InChI is InChI=1S/C18H21N3O2S/c1-11-9-21(6-5-19-11)14-4-3-13-7-15(17-20-12(2)10-24-17)18(22)23-16(13)8-14/h3-4,8,10-11,15,19H,5-7,9H2,1-2H3/t11-,15?/m1/s1. The lowest BCUT2D eigenvalue weighted by Crippen LogP contribution is -2.49. The fourth-order valence-electron chi connectivity index (χ4n) is 3.37. The monoisotopic (exact) mass is 343 g/mol. The van der Waals surface area contributed by atoms with Gasteiger partial charge < -0.3 is 15.0 Å². The van der Waals surface area contributed by atoms with Crippen molar-refractivity contribution in [2.75, 3.05) is 24.5 Å². The normalized spacial score (nSPS) is 23.8. The van der Waals surface area contributed by atoms with Crippen molar-refractivity contribution in [3.8, 4) is 5.75 Å². The molecule has 4 rings (SSSR count). The van der Waals surface area contributed by atoms with E-state index in [0.717, 1.165) is 41.6 Å². The average Bonchev–Trinajstić information content (AvgIpc) is 3.00. The summed E-state index contributed by atoms with van der Waals surface area (Å²) in [5, 5.41) is 6.27. The molecule has 0 aliphatic carbocycles. The first-order valence-corrected chi connectivity index (χ1v) is 9.23. The molecule has 0 radical (unpaired) electrons. The summed E-state index contributed by atoms with van der Waals surface area (Å²) in [4.78, 5) is 19.2. The molecule has 1 saturated heterocycles. The Bertz CT molecular complexity index is 773. The van der Waals surface area contributed by atoms with Gasteiger partial charge in [0.05, 0.1) is 0 Å². The maximum absolute atomic E-state index is 12.4. The van der Waals surface area contributed by atoms with Gasteiger partial charge in [0.15, 0.2) is 0 Å². The van der Waals surface area contributed by atoms with E-state index < -0.39 is 0 Å². The van der Waals surface area contributed by atoms with Crippen molar-refractivity contribution in [1.82, 2.24) is 10.3 Å². The third kappa shape index (κ3) is 2.91. The van der Waals surface area contributed by atoms with Crippen LogP contribution in [0.25, 0.3) is 0 Å². The Morgan fingerprint density at radius 2 is 2.29 bits per heavy atom. The molecule has 2 aliphatic rings. The van der Waals surface area contributed by atoms with Crippen LogP contribution >= 0.6 is 11.3 Å². The highest BCUT2D eigenvalue weighted by Crippen LogP contribution is 2.36. The lowest BCUT2D eigenvalue weighted by molar-refractivity contribution is -0.137. The van der Waals surface area contributed by atoms with Crippen LogP contribution < -0.4 is 15.0 Å². The lowest BCUT2D eigenvalue weighted by Gasteiger charge is -2.34. The minimum atomic E-state index is -0.277. The van der Waals surface area contributed by atoms with Crippen LogP contribution in [0.1, 0.15) is 29.1 Å². The van der Waals surface area contributed by atoms with Crippen molar-refractivity contribution in [3.05, 3.63) is 39.8 Å². The van der Waals surface area contributed by atoms with E-state index in [-0.39, 0.29) is 11.9 Å². The number of thiazole rings is 1. The molecule has 1 aromatic carbocycles. The summed E-state index contributed by atoms with van der Waals surface area (Å²) in [7, 11) is 0. The molecule has 0 bridgehead atoms. The van der Waals surface area contributed by atoms with E-state index in [1.165, 1.54) is 11.3 Å². The number of aryl methyl sites for hydroxylation is 1. The van der Waals surface area contributed by atoms with E-state index in [9.17, 15) is 4.79 Å². The number of rotatable bonds is 2. The van der Waals surface area contributed by atoms with Gasteiger partial charge in [-0.05, 0) is 31.9 Å². The topological polar surface area (TPSA) is 54.5 Å². The van der Waals surface area contributed by atoms with E-state index in [2.05, 4.69) is 34.3 Å². The van der Waals surface area contributed by atoms with Crippen molar-refractivity contribution in [1.29, 1.82) is 0 Å². The number of benzene rings is 1. The Morgan fingerprint density at radius 1 is 1.42 bits per heavy atom. The van der Waals surface area contributed by atoms with Crippen LogP contribution in [0, 0.1) is 6.92 Å². The number of ether oxygens (including phenoxy) is 1. The maximum atomic E-state index is 12.4. The smallest absolute Gasteiger partial charge is 0.321 e. The van der Waals surface area contributed by atoms with Crippen molar-refractivity contribution in [3.63, 3.8) is 0 Å². The third-order valence-corrected chi connectivity index (χ3v) is 5.71. The second kappa shape index (κ2) is 6.18. The summed E-state index contributed by atoms with van der Waals surface area (Å²) in [6.45, 7) is 7.05. The van der Waals surface area contributed by atoms with Crippen LogP contribution in [0.15, 0.2) is 23.6 Å². The van der Waals surface area contributed by atoms with Gasteiger partial charge in [-0.3, -0.25) is 4.79 Å². The highest BCUT2D eigenvalue weighted by molar-refractivity contribution is 7.09. The molecule has 2 aliphatic heterocycles. The Morgan fingerprint density at radius 3 is 3.04 bits per heavy atom. The fraction of sp³-hybridized carbons (Fsp3) is 0.444. The number of anilines is 1. The van der Waals surface area contributed by atoms with Gasteiger partial charge in [-0.1, -0.05) is 6.07 Å². The van der Waals surface area contributed by atoms with Gasteiger partial charge in [-0.25, -0.2) is 4.98 Å². The predicted molar refractivity (Wildman–Crippen MR) is 95.1 cm³/mol. The highest BCUT2D eigenvalue weighted by Gasteiger charge is 2.32. The third-order valence-electron chi connectivity index (χ3n) is 4.64. The molecule has 1 N–H and O–H groups in total. The van der Waals surface area contributed by atoms with Crippen LogP contribution in [-0.2, 0) is 11.2 Å². The maximum Gasteiger partial charge on any atom is 0.321 e. The lowest BCUT2D eigenvalue weighted by atomic mass is 9.96. The van der Waals surface area contributed by atoms with Crippen LogP contribution in [0.4, 0.5) is 5.69 Å². The average molecular weight is 343 g/mol. The van der Waals surface area contributed by atoms with Gasteiger partial charge in [-0.15, -0.1) is 11.3 Å². The second-order valence-electron chi connectivity index (χ2n) is 6.60. The van der Waals surface area contributed by atoms with E-state index in [4.69, 9.17) is 4.74 Å². The van der Waals surface area contributed by atoms with Gasteiger partial charge >= 0.3 is 5.97 Å². The summed E-state index contributed by atoms with van der Waals surface area (Å²) in [5.41, 5.74) is 3.16. The molecular weight excluding hydrogens is 322 g/mol. The molecule has 1 aromatic heterocycles. The molecular formula is C18H21N3O2S. The van der Waals surface area contributed by atoms with Crippen LogP contribution in [0.2, 0.25) is 0 Å². The summed E-state index contributed by atoms with van der Waals surface area (Å²) in [6, 6.07) is 6.71. The van der Waals surface area contributed by atoms with E-state index in [1.54, 1.807) is 0 Å². The first-order valence-electron chi connectivity index (χ1n) is 8.35. The van der Waals surface area contributed by atoms with Gasteiger partial charge in [0.25, 0.3) is 0 Å². The number of hydrogen-bond donors (Lipinski definition) is 1. The Balaban J connectivity index is 1.58. The molecule has 1 fully saturated rings. The zero-order chi connectivity index (χ0) is 16.7. The summed E-state index contributed by atoms with van der Waals surface area (Å²) in [5.74, 6) is 0.233. The zero-order valence-electron chi connectivity index (χ0n) is 13.9. The second-order valence-corrected chi connectivity index (χ2v) is 7.49. The van der Waals surface area contributed by atoms with Crippen molar-refractivity contribution < 1.29 is 9.53 Å². The largest absolute Gasteiger partial charge is 0.426 e. The van der Waals surface area contributed by atoms with Crippen LogP contribution in [0.3, 0.4) is 0 Å². The minimum absolute atomic E-state index is 0.192. The highest BCUT2D eigenvalue weighted by atomic mass is 32.1. The number of nitrogens with one attached hydrogen (secondary N) is 1. The molecule has 3 heterocycles. The molecule has 126 valence electrons.